The summed E-state index contributed by atoms with van der Waals surface area (Å²) >= 11 is 0. The molecule has 4 nitrogen and oxygen atoms in total. The van der Waals surface area contributed by atoms with Gasteiger partial charge in [-0.3, -0.25) is 4.40 Å². The normalized spacial score (nSPS) is 20.5. The molecule has 0 saturated carbocycles. The molecule has 0 spiro atoms. The molecule has 4 heteroatoms. The van der Waals surface area contributed by atoms with Crippen molar-refractivity contribution in [1.29, 1.82) is 0 Å². The van der Waals surface area contributed by atoms with Crippen molar-refractivity contribution in [3.05, 3.63) is 30.1 Å². The molecule has 0 aromatic carbocycles. The maximum atomic E-state index is 5.38. The van der Waals surface area contributed by atoms with Crippen LogP contribution in [0.3, 0.4) is 0 Å². The van der Waals surface area contributed by atoms with Crippen LogP contribution in [0.5, 0.6) is 5.88 Å². The minimum absolute atomic E-state index is 0.548. The van der Waals surface area contributed by atoms with Crippen LogP contribution in [0.4, 0.5) is 0 Å². The lowest BCUT2D eigenvalue weighted by Gasteiger charge is -2.19. The summed E-state index contributed by atoms with van der Waals surface area (Å²) in [6.07, 6.45) is 3.33. The number of pyridine rings is 1. The van der Waals surface area contributed by atoms with Crippen LogP contribution in [-0.2, 0) is 0 Å². The highest BCUT2D eigenvalue weighted by Gasteiger charge is 2.27. The van der Waals surface area contributed by atoms with Crippen molar-refractivity contribution >= 4 is 5.65 Å². The first-order valence-electron chi connectivity index (χ1n) is 6.95. The van der Waals surface area contributed by atoms with E-state index in [0.717, 1.165) is 18.1 Å². The lowest BCUT2D eigenvalue weighted by Crippen LogP contribution is -2.27. The zero-order valence-electron chi connectivity index (χ0n) is 11.8. The molecule has 0 aliphatic carbocycles. The number of hydrogen-bond donors (Lipinski definition) is 0. The van der Waals surface area contributed by atoms with E-state index in [2.05, 4.69) is 24.9 Å². The average molecular weight is 259 g/mol. The van der Waals surface area contributed by atoms with E-state index in [1.54, 1.807) is 7.11 Å². The summed E-state index contributed by atoms with van der Waals surface area (Å²) in [5.41, 5.74) is 2.16. The van der Waals surface area contributed by atoms with E-state index in [4.69, 9.17) is 9.72 Å². The molecule has 1 atom stereocenters. The van der Waals surface area contributed by atoms with E-state index in [1.165, 1.54) is 18.7 Å². The third-order valence-corrected chi connectivity index (χ3v) is 4.05. The summed E-state index contributed by atoms with van der Waals surface area (Å²) in [6.45, 7) is 6.81. The average Bonchev–Trinajstić information content (AvgIpc) is 3.04. The van der Waals surface area contributed by atoms with Crippen LogP contribution in [0, 0.1) is 0 Å². The van der Waals surface area contributed by atoms with E-state index in [-0.39, 0.29) is 0 Å². The van der Waals surface area contributed by atoms with Gasteiger partial charge in [-0.25, -0.2) is 4.98 Å². The molecule has 1 saturated heterocycles. The van der Waals surface area contributed by atoms with Crippen LogP contribution in [0.15, 0.2) is 24.4 Å². The van der Waals surface area contributed by atoms with Gasteiger partial charge in [-0.05, 0) is 38.9 Å². The van der Waals surface area contributed by atoms with Gasteiger partial charge >= 0.3 is 0 Å². The van der Waals surface area contributed by atoms with Gasteiger partial charge in [-0.1, -0.05) is 6.07 Å². The van der Waals surface area contributed by atoms with Crippen molar-refractivity contribution in [2.24, 2.45) is 0 Å². The minimum atomic E-state index is 0.548. The highest BCUT2D eigenvalue weighted by Crippen LogP contribution is 2.29. The Morgan fingerprint density at radius 2 is 2.21 bits per heavy atom. The van der Waals surface area contributed by atoms with Crippen molar-refractivity contribution in [1.82, 2.24) is 14.3 Å². The zero-order chi connectivity index (χ0) is 13.4. The molecule has 2 aromatic heterocycles. The second kappa shape index (κ2) is 4.85. The van der Waals surface area contributed by atoms with Gasteiger partial charge in [0.1, 0.15) is 5.65 Å². The Balaban J connectivity index is 1.90. The molecule has 3 heterocycles. The second-order valence-electron chi connectivity index (χ2n) is 5.54. The van der Waals surface area contributed by atoms with Crippen LogP contribution in [-0.4, -0.2) is 40.5 Å². The maximum absolute atomic E-state index is 5.38. The summed E-state index contributed by atoms with van der Waals surface area (Å²) in [5, 5.41) is 0. The number of aromatic nitrogens is 2. The summed E-state index contributed by atoms with van der Waals surface area (Å²) in [7, 11) is 1.70. The number of hydrogen-bond acceptors (Lipinski definition) is 3. The first kappa shape index (κ1) is 12.5. The minimum Gasteiger partial charge on any atom is -0.482 e. The Kier molecular flexibility index (Phi) is 3.19. The van der Waals surface area contributed by atoms with Crippen molar-refractivity contribution < 1.29 is 4.74 Å². The van der Waals surface area contributed by atoms with Crippen LogP contribution < -0.4 is 4.74 Å². The SMILES string of the molecule is COc1cccc2nc(C3CCN(C(C)C)C3)cn12. The lowest BCUT2D eigenvalue weighted by molar-refractivity contribution is 0.272. The molecule has 0 N–H and O–H groups in total. The highest BCUT2D eigenvalue weighted by atomic mass is 16.5. The van der Waals surface area contributed by atoms with Gasteiger partial charge in [0, 0.05) is 24.7 Å². The van der Waals surface area contributed by atoms with Gasteiger partial charge in [-0.15, -0.1) is 0 Å². The molecule has 102 valence electrons. The first-order chi connectivity index (χ1) is 9.19. The molecular formula is C15H21N3O. The fraction of sp³-hybridized carbons (Fsp3) is 0.533. The fourth-order valence-corrected chi connectivity index (χ4v) is 2.87. The Morgan fingerprint density at radius 3 is 2.89 bits per heavy atom. The molecular weight excluding hydrogens is 238 g/mol. The second-order valence-corrected chi connectivity index (χ2v) is 5.54. The summed E-state index contributed by atoms with van der Waals surface area (Å²) in [6, 6.07) is 6.60. The molecule has 1 aliphatic heterocycles. The van der Waals surface area contributed by atoms with Crippen molar-refractivity contribution in [2.45, 2.75) is 32.2 Å². The number of fused-ring (bicyclic) bond motifs is 1. The topological polar surface area (TPSA) is 29.8 Å². The molecule has 1 aliphatic rings. The van der Waals surface area contributed by atoms with E-state index < -0.39 is 0 Å². The smallest absolute Gasteiger partial charge is 0.198 e. The molecule has 19 heavy (non-hydrogen) atoms. The third kappa shape index (κ3) is 2.21. The van der Waals surface area contributed by atoms with E-state index in [0.29, 0.717) is 12.0 Å². The van der Waals surface area contributed by atoms with Crippen molar-refractivity contribution in [3.8, 4) is 5.88 Å². The molecule has 2 aromatic rings. The van der Waals surface area contributed by atoms with E-state index in [1.807, 2.05) is 22.6 Å². The number of imidazole rings is 1. The molecule has 3 rings (SSSR count). The Hall–Kier alpha value is -1.55. The van der Waals surface area contributed by atoms with Crippen LogP contribution in [0.2, 0.25) is 0 Å². The summed E-state index contributed by atoms with van der Waals surface area (Å²) < 4.78 is 7.41. The predicted octanol–water partition coefficient (Wildman–Crippen LogP) is 2.54. The van der Waals surface area contributed by atoms with Gasteiger partial charge in [-0.2, -0.15) is 0 Å². The highest BCUT2D eigenvalue weighted by molar-refractivity contribution is 5.44. The van der Waals surface area contributed by atoms with Crippen molar-refractivity contribution in [2.75, 3.05) is 20.2 Å². The fourth-order valence-electron chi connectivity index (χ4n) is 2.87. The van der Waals surface area contributed by atoms with Gasteiger partial charge in [0.25, 0.3) is 0 Å². The number of rotatable bonds is 3. The van der Waals surface area contributed by atoms with Crippen LogP contribution in [0.1, 0.15) is 31.9 Å². The monoisotopic (exact) mass is 259 g/mol. The van der Waals surface area contributed by atoms with Gasteiger partial charge < -0.3 is 9.64 Å². The number of nitrogens with zero attached hydrogens (tertiary/aromatic N) is 3. The summed E-state index contributed by atoms with van der Waals surface area (Å²) in [5.74, 6) is 1.39. The zero-order valence-corrected chi connectivity index (χ0v) is 11.8. The Labute approximate surface area is 114 Å². The largest absolute Gasteiger partial charge is 0.482 e. The quantitative estimate of drug-likeness (QED) is 0.848. The molecule has 1 fully saturated rings. The molecule has 0 bridgehead atoms. The first-order valence-corrected chi connectivity index (χ1v) is 6.95. The van der Waals surface area contributed by atoms with Crippen LogP contribution in [0.25, 0.3) is 5.65 Å². The van der Waals surface area contributed by atoms with Gasteiger partial charge in [0.2, 0.25) is 0 Å². The molecule has 0 amide bonds. The van der Waals surface area contributed by atoms with E-state index in [9.17, 15) is 0 Å². The van der Waals surface area contributed by atoms with Gasteiger partial charge in [0.05, 0.1) is 12.8 Å². The number of methoxy groups -OCH3 is 1. The summed E-state index contributed by atoms with van der Waals surface area (Å²) in [4.78, 5) is 7.27. The van der Waals surface area contributed by atoms with Gasteiger partial charge in [0.15, 0.2) is 5.88 Å². The van der Waals surface area contributed by atoms with Crippen molar-refractivity contribution in [3.63, 3.8) is 0 Å². The predicted molar refractivity (Wildman–Crippen MR) is 75.8 cm³/mol. The standard InChI is InChI=1S/C15H21N3O/c1-11(2)17-8-7-12(9-17)13-10-18-14(16-13)5-4-6-15(18)19-3/h4-6,10-12H,7-9H2,1-3H3. The lowest BCUT2D eigenvalue weighted by atomic mass is 10.1. The number of ether oxygens (including phenoxy) is 1. The molecule has 0 radical (unpaired) electrons. The van der Waals surface area contributed by atoms with Crippen LogP contribution >= 0.6 is 0 Å². The third-order valence-electron chi connectivity index (χ3n) is 4.05. The Bertz CT molecular complexity index is 576. The Morgan fingerprint density at radius 1 is 1.37 bits per heavy atom. The number of likely N-dealkylation sites (tertiary alicyclic amines) is 1. The maximum Gasteiger partial charge on any atom is 0.198 e. The molecule has 1 unspecified atom stereocenters. The van der Waals surface area contributed by atoms with E-state index >= 15 is 0 Å².